The van der Waals surface area contributed by atoms with Crippen LogP contribution in [-0.2, 0) is 24.3 Å². The number of ether oxygens (including phenoxy) is 1. The Labute approximate surface area is 197 Å². The number of sulfonamides is 1. The van der Waals surface area contributed by atoms with Crippen LogP contribution in [-0.4, -0.2) is 79.2 Å². The summed E-state index contributed by atoms with van der Waals surface area (Å²) in [5, 5.41) is 2.12. The first-order valence-electron chi connectivity index (χ1n) is 10.6. The Morgan fingerprint density at radius 2 is 1.76 bits per heavy atom. The van der Waals surface area contributed by atoms with Gasteiger partial charge in [-0.2, -0.15) is 4.31 Å². The predicted octanol–water partition coefficient (Wildman–Crippen LogP) is 1.32. The highest BCUT2D eigenvalue weighted by molar-refractivity contribution is 8.14. The summed E-state index contributed by atoms with van der Waals surface area (Å²) in [6.45, 7) is 4.54. The van der Waals surface area contributed by atoms with E-state index in [1.807, 2.05) is 13.8 Å². The molecular formula is C21H27N3O7S2. The Morgan fingerprint density at radius 3 is 2.33 bits per heavy atom. The molecule has 12 heteroatoms. The summed E-state index contributed by atoms with van der Waals surface area (Å²) >= 11 is 0.910. The first kappa shape index (κ1) is 25.2. The quantitative estimate of drug-likeness (QED) is 0.532. The van der Waals surface area contributed by atoms with E-state index in [9.17, 15) is 27.6 Å². The molecule has 0 saturated carbocycles. The van der Waals surface area contributed by atoms with Crippen LogP contribution in [0.1, 0.15) is 30.6 Å². The van der Waals surface area contributed by atoms with Crippen LogP contribution in [0.15, 0.2) is 29.2 Å². The Morgan fingerprint density at radius 1 is 1.12 bits per heavy atom. The molecule has 0 spiro atoms. The molecule has 2 aliphatic heterocycles. The molecule has 0 bridgehead atoms. The molecule has 0 unspecified atom stereocenters. The third-order valence-electron chi connectivity index (χ3n) is 5.40. The standard InChI is InChI=1S/C21H27N3O7S2/c1-14-9-15(2)11-23(10-14)33(29,30)17-5-3-16(4-6-17)20(27)31-12-18(25)22-7-8-24-19(26)13-32-21(24)28/h3-6,14-15H,7-13H2,1-2H3,(H,22,25)/t14-,15+. The molecule has 1 aromatic rings. The smallest absolute Gasteiger partial charge is 0.338 e. The lowest BCUT2D eigenvalue weighted by molar-refractivity contribution is -0.126. The minimum absolute atomic E-state index is 0.0503. The molecule has 180 valence electrons. The molecule has 0 radical (unpaired) electrons. The van der Waals surface area contributed by atoms with Gasteiger partial charge in [-0.15, -0.1) is 0 Å². The van der Waals surface area contributed by atoms with Crippen molar-refractivity contribution in [2.75, 3.05) is 38.5 Å². The molecule has 3 rings (SSSR count). The second-order valence-electron chi connectivity index (χ2n) is 8.32. The molecule has 3 amide bonds. The third kappa shape index (κ3) is 6.33. The van der Waals surface area contributed by atoms with Gasteiger partial charge in [-0.1, -0.05) is 25.6 Å². The monoisotopic (exact) mass is 497 g/mol. The van der Waals surface area contributed by atoms with Gasteiger partial charge >= 0.3 is 5.97 Å². The van der Waals surface area contributed by atoms with Crippen LogP contribution in [0.2, 0.25) is 0 Å². The lowest BCUT2D eigenvalue weighted by Crippen LogP contribution is -2.42. The number of piperidine rings is 1. The highest BCUT2D eigenvalue weighted by Gasteiger charge is 2.32. The lowest BCUT2D eigenvalue weighted by Gasteiger charge is -2.34. The molecule has 1 aromatic carbocycles. The van der Waals surface area contributed by atoms with E-state index in [0.717, 1.165) is 23.1 Å². The number of hydrogen-bond donors (Lipinski definition) is 1. The number of carbonyl (C=O) groups excluding carboxylic acids is 4. The number of esters is 1. The summed E-state index contributed by atoms with van der Waals surface area (Å²) < 4.78 is 32.3. The fourth-order valence-corrected chi connectivity index (χ4v) is 6.32. The molecule has 33 heavy (non-hydrogen) atoms. The van der Waals surface area contributed by atoms with E-state index in [1.165, 1.54) is 28.6 Å². The lowest BCUT2D eigenvalue weighted by atomic mass is 9.94. The molecule has 2 heterocycles. The van der Waals surface area contributed by atoms with E-state index < -0.39 is 28.5 Å². The van der Waals surface area contributed by atoms with E-state index >= 15 is 0 Å². The second kappa shape index (κ2) is 10.7. The number of rotatable bonds is 8. The fourth-order valence-electron chi connectivity index (χ4n) is 3.88. The first-order valence-corrected chi connectivity index (χ1v) is 13.0. The zero-order valence-electron chi connectivity index (χ0n) is 18.5. The van der Waals surface area contributed by atoms with Crippen LogP contribution >= 0.6 is 11.8 Å². The SMILES string of the molecule is C[C@@H]1C[C@H](C)CN(S(=O)(=O)c2ccc(C(=O)OCC(=O)NCCN3C(=O)CSC3=O)cc2)C1. The maximum Gasteiger partial charge on any atom is 0.338 e. The molecule has 2 aliphatic rings. The number of hydrogen-bond acceptors (Lipinski definition) is 8. The number of amides is 3. The third-order valence-corrected chi connectivity index (χ3v) is 8.10. The van der Waals surface area contributed by atoms with Gasteiger partial charge in [0.15, 0.2) is 6.61 Å². The minimum atomic E-state index is -3.66. The van der Waals surface area contributed by atoms with E-state index in [1.54, 1.807) is 0 Å². The largest absolute Gasteiger partial charge is 0.452 e. The van der Waals surface area contributed by atoms with Crippen molar-refractivity contribution in [2.24, 2.45) is 11.8 Å². The molecule has 1 N–H and O–H groups in total. The van der Waals surface area contributed by atoms with Crippen molar-refractivity contribution < 1.29 is 32.3 Å². The zero-order valence-corrected chi connectivity index (χ0v) is 20.1. The van der Waals surface area contributed by atoms with Gasteiger partial charge in [0.05, 0.1) is 16.2 Å². The van der Waals surface area contributed by atoms with Crippen molar-refractivity contribution in [3.8, 4) is 0 Å². The van der Waals surface area contributed by atoms with Crippen LogP contribution < -0.4 is 5.32 Å². The van der Waals surface area contributed by atoms with E-state index in [-0.39, 0.29) is 52.3 Å². The normalized spacial score (nSPS) is 21.8. The van der Waals surface area contributed by atoms with Gasteiger partial charge in [0.2, 0.25) is 15.9 Å². The summed E-state index contributed by atoms with van der Waals surface area (Å²) in [5.74, 6) is -1.00. The van der Waals surface area contributed by atoms with Gasteiger partial charge in [0.25, 0.3) is 11.1 Å². The van der Waals surface area contributed by atoms with Crippen molar-refractivity contribution in [3.63, 3.8) is 0 Å². The molecule has 10 nitrogen and oxygen atoms in total. The summed E-state index contributed by atoms with van der Waals surface area (Å²) in [5.41, 5.74) is 0.118. The zero-order chi connectivity index (χ0) is 24.2. The Bertz CT molecular complexity index is 1000. The summed E-state index contributed by atoms with van der Waals surface area (Å²) in [6, 6.07) is 5.43. The van der Waals surface area contributed by atoms with Gasteiger partial charge in [-0.05, 0) is 42.5 Å². The topological polar surface area (TPSA) is 130 Å². The van der Waals surface area contributed by atoms with Crippen molar-refractivity contribution in [1.82, 2.24) is 14.5 Å². The fraction of sp³-hybridized carbons (Fsp3) is 0.524. The van der Waals surface area contributed by atoms with Gasteiger partial charge in [0, 0.05) is 26.2 Å². The molecule has 2 atom stereocenters. The Kier molecular flexibility index (Phi) is 8.14. The van der Waals surface area contributed by atoms with Gasteiger partial charge < -0.3 is 10.1 Å². The van der Waals surface area contributed by atoms with Crippen molar-refractivity contribution >= 4 is 44.8 Å². The number of nitrogens with zero attached hydrogens (tertiary/aromatic N) is 2. The molecule has 0 aromatic heterocycles. The molecule has 2 saturated heterocycles. The van der Waals surface area contributed by atoms with Crippen molar-refractivity contribution in [3.05, 3.63) is 29.8 Å². The van der Waals surface area contributed by atoms with Crippen molar-refractivity contribution in [2.45, 2.75) is 25.2 Å². The highest BCUT2D eigenvalue weighted by Crippen LogP contribution is 2.26. The van der Waals surface area contributed by atoms with Gasteiger partial charge in [-0.3, -0.25) is 19.3 Å². The van der Waals surface area contributed by atoms with Crippen molar-refractivity contribution in [1.29, 1.82) is 0 Å². The number of carbonyl (C=O) groups is 4. The van der Waals surface area contributed by atoms with Crippen LogP contribution in [0.3, 0.4) is 0 Å². The highest BCUT2D eigenvalue weighted by atomic mass is 32.2. The molecular weight excluding hydrogens is 470 g/mol. The molecule has 0 aliphatic carbocycles. The number of imide groups is 1. The maximum absolute atomic E-state index is 12.9. The van der Waals surface area contributed by atoms with E-state index in [0.29, 0.717) is 13.1 Å². The van der Waals surface area contributed by atoms with Crippen LogP contribution in [0.4, 0.5) is 4.79 Å². The number of nitrogens with one attached hydrogen (secondary N) is 1. The second-order valence-corrected chi connectivity index (χ2v) is 11.2. The number of benzene rings is 1. The Hall–Kier alpha value is -2.44. The summed E-state index contributed by atoms with van der Waals surface area (Å²) in [4.78, 5) is 48.2. The number of thioether (sulfide) groups is 1. The maximum atomic E-state index is 12.9. The summed E-state index contributed by atoms with van der Waals surface area (Å²) in [6.07, 6.45) is 0.984. The summed E-state index contributed by atoms with van der Waals surface area (Å²) in [7, 11) is -3.66. The average Bonchev–Trinajstić information content (AvgIpc) is 3.09. The van der Waals surface area contributed by atoms with E-state index in [2.05, 4.69) is 5.32 Å². The van der Waals surface area contributed by atoms with Gasteiger partial charge in [0.1, 0.15) is 0 Å². The van der Waals surface area contributed by atoms with Crippen LogP contribution in [0.25, 0.3) is 0 Å². The van der Waals surface area contributed by atoms with Crippen LogP contribution in [0, 0.1) is 11.8 Å². The minimum Gasteiger partial charge on any atom is -0.452 e. The van der Waals surface area contributed by atoms with Crippen LogP contribution in [0.5, 0.6) is 0 Å². The first-order chi connectivity index (χ1) is 15.6. The van der Waals surface area contributed by atoms with E-state index in [4.69, 9.17) is 4.74 Å². The average molecular weight is 498 g/mol. The Balaban J connectivity index is 1.48. The molecule has 2 fully saturated rings. The predicted molar refractivity (Wildman–Crippen MR) is 121 cm³/mol. The van der Waals surface area contributed by atoms with Gasteiger partial charge in [-0.25, -0.2) is 13.2 Å².